The first-order valence-electron chi connectivity index (χ1n) is 13.9. The van der Waals surface area contributed by atoms with Gasteiger partial charge in [-0.3, -0.25) is 4.79 Å². The van der Waals surface area contributed by atoms with Crippen LogP contribution in [0, 0.1) is 11.7 Å². The average molecular weight is 526 g/mol. The number of benzene rings is 2. The molecule has 1 saturated heterocycles. The third kappa shape index (κ3) is 4.18. The normalized spacial score (nSPS) is 22.9. The number of fused-ring (bicyclic) bond motifs is 2. The predicted molar refractivity (Wildman–Crippen MR) is 147 cm³/mol. The maximum Gasteiger partial charge on any atom is 0.273 e. The number of hydrogen-bond acceptors (Lipinski definition) is 5. The molecule has 0 radical (unpaired) electrons. The lowest BCUT2D eigenvalue weighted by molar-refractivity contribution is 0.0671. The van der Waals surface area contributed by atoms with Gasteiger partial charge in [-0.25, -0.2) is 13.9 Å². The van der Waals surface area contributed by atoms with Crippen LogP contribution in [0.4, 0.5) is 10.1 Å². The first-order valence-corrected chi connectivity index (χ1v) is 13.9. The highest BCUT2D eigenvalue weighted by Crippen LogP contribution is 2.41. The minimum absolute atomic E-state index is 0.0300. The maximum absolute atomic E-state index is 15.4. The van der Waals surface area contributed by atoms with E-state index in [9.17, 15) is 9.90 Å². The van der Waals surface area contributed by atoms with Gasteiger partial charge in [0, 0.05) is 54.5 Å². The Labute approximate surface area is 226 Å². The van der Waals surface area contributed by atoms with Crippen molar-refractivity contribution in [3.8, 4) is 11.3 Å². The number of aliphatic hydroxyl groups is 1. The number of carbonyl (C=O) groups is 1. The SMILES string of the molecule is C[C@@H]1c2ccccc2CCN1C(=O)c1cc(C2CC2)n2nc(-c3ccc(N4C[C@H](C)[C@@H](O)C4)cc3F)cc2n1. The molecule has 0 unspecified atom stereocenters. The quantitative estimate of drug-likeness (QED) is 0.407. The molecular weight excluding hydrogens is 493 g/mol. The Morgan fingerprint density at radius 3 is 2.62 bits per heavy atom. The Morgan fingerprint density at radius 1 is 1.05 bits per heavy atom. The molecular formula is C31H32FN5O2. The minimum Gasteiger partial charge on any atom is -0.391 e. The number of nitrogens with zero attached hydrogens (tertiary/aromatic N) is 5. The molecule has 39 heavy (non-hydrogen) atoms. The Morgan fingerprint density at radius 2 is 1.87 bits per heavy atom. The third-order valence-electron chi connectivity index (χ3n) is 8.69. The van der Waals surface area contributed by atoms with Crippen LogP contribution in [0.25, 0.3) is 16.9 Å². The molecule has 2 aromatic carbocycles. The van der Waals surface area contributed by atoms with Crippen LogP contribution in [-0.4, -0.2) is 56.2 Å². The summed E-state index contributed by atoms with van der Waals surface area (Å²) in [6.45, 7) is 5.92. The summed E-state index contributed by atoms with van der Waals surface area (Å²) in [5.41, 5.74) is 6.05. The van der Waals surface area contributed by atoms with Gasteiger partial charge in [0.25, 0.3) is 5.91 Å². The van der Waals surface area contributed by atoms with Gasteiger partial charge in [-0.1, -0.05) is 31.2 Å². The standard InChI is InChI=1S/C31H32FN5O2/c1-18-16-35(17-29(18)38)22-9-10-24(25(32)13-22)26-15-30-33-27(14-28(21-7-8-21)37(30)34-26)31(39)36-12-11-20-5-3-4-6-23(20)19(36)2/h3-6,9-10,13-15,18-19,21,29,38H,7-8,11-12,16-17H2,1-2H3/t18-,19+,29-/m0/s1. The van der Waals surface area contributed by atoms with Gasteiger partial charge in [-0.15, -0.1) is 0 Å². The first-order chi connectivity index (χ1) is 18.9. The Bertz CT molecular complexity index is 1590. The number of aliphatic hydroxyl groups excluding tert-OH is 1. The van der Waals surface area contributed by atoms with Crippen molar-refractivity contribution in [1.29, 1.82) is 0 Å². The van der Waals surface area contributed by atoms with Gasteiger partial charge in [0.05, 0.1) is 17.8 Å². The third-order valence-corrected chi connectivity index (χ3v) is 8.69. The van der Waals surface area contributed by atoms with Crippen molar-refractivity contribution >= 4 is 17.2 Å². The molecule has 2 aliphatic heterocycles. The van der Waals surface area contributed by atoms with Gasteiger partial charge < -0.3 is 14.9 Å². The number of β-amino-alcohol motifs (C(OH)–C–C–N with tert-alkyl or cyclic N) is 1. The molecule has 1 amide bonds. The van der Waals surface area contributed by atoms with Crippen molar-refractivity contribution in [2.24, 2.45) is 5.92 Å². The summed E-state index contributed by atoms with van der Waals surface area (Å²) in [7, 11) is 0. The molecule has 7 nitrogen and oxygen atoms in total. The lowest BCUT2D eigenvalue weighted by Gasteiger charge is -2.35. The zero-order valence-corrected chi connectivity index (χ0v) is 22.2. The van der Waals surface area contributed by atoms with Crippen LogP contribution in [0.5, 0.6) is 0 Å². The Kier molecular flexibility index (Phi) is 5.70. The molecule has 3 aliphatic rings. The van der Waals surface area contributed by atoms with Crippen molar-refractivity contribution in [1.82, 2.24) is 19.5 Å². The highest BCUT2D eigenvalue weighted by atomic mass is 19.1. The van der Waals surface area contributed by atoms with E-state index in [1.165, 1.54) is 17.2 Å². The topological polar surface area (TPSA) is 74.0 Å². The molecule has 1 aliphatic carbocycles. The molecule has 8 heteroatoms. The summed E-state index contributed by atoms with van der Waals surface area (Å²) in [4.78, 5) is 22.4. The van der Waals surface area contributed by atoms with Crippen LogP contribution in [-0.2, 0) is 6.42 Å². The van der Waals surface area contributed by atoms with E-state index >= 15 is 4.39 Å². The second-order valence-corrected chi connectivity index (χ2v) is 11.4. The van der Waals surface area contributed by atoms with E-state index in [0.29, 0.717) is 48.2 Å². The molecule has 7 rings (SSSR count). The molecule has 200 valence electrons. The fourth-order valence-corrected chi connectivity index (χ4v) is 6.17. The predicted octanol–water partition coefficient (Wildman–Crippen LogP) is 4.99. The fourth-order valence-electron chi connectivity index (χ4n) is 6.17. The Hall–Kier alpha value is -3.78. The smallest absolute Gasteiger partial charge is 0.273 e. The number of hydrogen-bond donors (Lipinski definition) is 1. The molecule has 0 bridgehead atoms. The average Bonchev–Trinajstić information content (AvgIpc) is 3.61. The summed E-state index contributed by atoms with van der Waals surface area (Å²) in [6.07, 6.45) is 2.50. The van der Waals surface area contributed by atoms with Gasteiger partial charge in [0.2, 0.25) is 0 Å². The Balaban J connectivity index is 1.22. The van der Waals surface area contributed by atoms with E-state index < -0.39 is 6.10 Å². The van der Waals surface area contributed by atoms with Gasteiger partial charge in [0.1, 0.15) is 11.5 Å². The van der Waals surface area contributed by atoms with Crippen LogP contribution in [0.1, 0.15) is 66.0 Å². The van der Waals surface area contributed by atoms with Crippen molar-refractivity contribution in [3.63, 3.8) is 0 Å². The van der Waals surface area contributed by atoms with Crippen LogP contribution in [0.3, 0.4) is 0 Å². The van der Waals surface area contributed by atoms with Crippen LogP contribution >= 0.6 is 0 Å². The highest BCUT2D eigenvalue weighted by molar-refractivity contribution is 5.93. The van der Waals surface area contributed by atoms with Gasteiger partial charge in [0.15, 0.2) is 5.65 Å². The summed E-state index contributed by atoms with van der Waals surface area (Å²) < 4.78 is 17.2. The lowest BCUT2D eigenvalue weighted by Crippen LogP contribution is -2.39. The number of rotatable bonds is 4. The van der Waals surface area contributed by atoms with Crippen LogP contribution < -0.4 is 4.90 Å². The van der Waals surface area contributed by atoms with Gasteiger partial charge in [-0.05, 0) is 61.6 Å². The van der Waals surface area contributed by atoms with Crippen molar-refractivity contribution in [2.75, 3.05) is 24.5 Å². The number of anilines is 1. The highest BCUT2D eigenvalue weighted by Gasteiger charge is 2.33. The second kappa shape index (κ2) is 9.16. The van der Waals surface area contributed by atoms with E-state index in [2.05, 4.69) is 19.1 Å². The molecule has 2 aromatic heterocycles. The van der Waals surface area contributed by atoms with Crippen LogP contribution in [0.15, 0.2) is 54.6 Å². The lowest BCUT2D eigenvalue weighted by atomic mass is 9.93. The fraction of sp³-hybridized carbons (Fsp3) is 0.387. The van der Waals surface area contributed by atoms with E-state index in [-0.39, 0.29) is 23.7 Å². The number of carbonyl (C=O) groups excluding carboxylic acids is 1. The number of amides is 1. The van der Waals surface area contributed by atoms with E-state index in [4.69, 9.17) is 10.1 Å². The molecule has 4 aromatic rings. The van der Waals surface area contributed by atoms with Gasteiger partial charge >= 0.3 is 0 Å². The van der Waals surface area contributed by atoms with Crippen molar-refractivity contribution < 1.29 is 14.3 Å². The van der Waals surface area contributed by atoms with Crippen LogP contribution in [0.2, 0.25) is 0 Å². The molecule has 3 atom stereocenters. The molecule has 1 saturated carbocycles. The van der Waals surface area contributed by atoms with Crippen molar-refractivity contribution in [3.05, 3.63) is 82.9 Å². The van der Waals surface area contributed by atoms with E-state index in [0.717, 1.165) is 30.6 Å². The minimum atomic E-state index is -0.405. The summed E-state index contributed by atoms with van der Waals surface area (Å²) in [6, 6.07) is 17.1. The summed E-state index contributed by atoms with van der Waals surface area (Å²) in [5, 5.41) is 14.9. The molecule has 1 N–H and O–H groups in total. The monoisotopic (exact) mass is 525 g/mol. The largest absolute Gasteiger partial charge is 0.391 e. The first kappa shape index (κ1) is 24.3. The van der Waals surface area contributed by atoms with Crippen molar-refractivity contribution in [2.45, 2.75) is 51.2 Å². The zero-order valence-electron chi connectivity index (χ0n) is 22.2. The number of aromatic nitrogens is 3. The van der Waals surface area contributed by atoms with Gasteiger partial charge in [-0.2, -0.15) is 5.10 Å². The van der Waals surface area contributed by atoms with E-state index in [1.54, 1.807) is 16.6 Å². The van der Waals surface area contributed by atoms with E-state index in [1.807, 2.05) is 41.0 Å². The zero-order chi connectivity index (χ0) is 26.8. The summed E-state index contributed by atoms with van der Waals surface area (Å²) in [5.74, 6) is 0.0273. The summed E-state index contributed by atoms with van der Waals surface area (Å²) >= 11 is 0. The molecule has 4 heterocycles. The molecule has 2 fully saturated rings. The second-order valence-electron chi connectivity index (χ2n) is 11.4. The maximum atomic E-state index is 15.4. The molecule has 0 spiro atoms. The number of halogens is 1.